The van der Waals surface area contributed by atoms with Crippen molar-refractivity contribution in [3.8, 4) is 0 Å². The van der Waals surface area contributed by atoms with Crippen LogP contribution in [0.2, 0.25) is 0 Å². The van der Waals surface area contributed by atoms with E-state index in [9.17, 15) is 35.1 Å². The second-order valence-electron chi connectivity index (χ2n) is 26.7. The van der Waals surface area contributed by atoms with Gasteiger partial charge < -0.3 is 45.1 Å². The summed E-state index contributed by atoms with van der Waals surface area (Å²) < 4.78 is 16.7. The quantitative estimate of drug-likeness (QED) is 0.0195. The SMILES string of the molecule is CCC/C=C\C/C=C\CCCCCCCC(=O)OCCCCCCCCCCCCCCCCC/C=C\C/C=C\CCCCCCCCCCCCCCCCCCCC(=O)NC(COC1OC(CO)C(O)C(O)C1O)C(O)/C=C/CCCCCCCCCC. The smallest absolute Gasteiger partial charge is 0.305 e. The molecule has 11 heteroatoms. The summed E-state index contributed by atoms with van der Waals surface area (Å²) in [6.45, 7) is 4.29. The number of aliphatic hydroxyl groups is 5. The summed E-state index contributed by atoms with van der Waals surface area (Å²) in [5, 5.41) is 54.4. The standard InChI is InChI=1S/C79H145NO10/c1-3-5-7-9-11-13-15-43-47-51-55-59-63-67-75(84)88-68-64-60-56-52-48-45-42-40-38-36-34-32-30-28-26-24-22-20-18-16-17-19-21-23-25-27-29-31-33-35-37-39-41-44-46-50-54-58-62-66-74(83)80-71(70-89-79-78(87)77(86)76(85)73(69-81)90-79)72(82)65-61-57-53-49-14-12-10-8-6-4-2/h7,9,13,15-17,20,22,61,65,71-73,76-79,81-82,85-87H,3-6,8,10-12,14,18-19,21,23-60,62-64,66-70H2,1-2H3,(H,80,83)/b9-7-,15-13-,17-16-,22-20-,65-61+. The maximum Gasteiger partial charge on any atom is 0.305 e. The number of hydrogen-bond acceptors (Lipinski definition) is 10. The van der Waals surface area contributed by atoms with Crippen LogP contribution in [0.4, 0.5) is 0 Å². The van der Waals surface area contributed by atoms with Gasteiger partial charge in [-0.2, -0.15) is 0 Å². The zero-order valence-electron chi connectivity index (χ0n) is 58.6. The third kappa shape index (κ3) is 55.8. The van der Waals surface area contributed by atoms with Crippen molar-refractivity contribution in [2.75, 3.05) is 19.8 Å². The summed E-state index contributed by atoms with van der Waals surface area (Å²) in [7, 11) is 0. The Bertz CT molecular complexity index is 1680. The van der Waals surface area contributed by atoms with Gasteiger partial charge >= 0.3 is 5.97 Å². The van der Waals surface area contributed by atoms with Crippen LogP contribution in [-0.4, -0.2) is 100 Å². The van der Waals surface area contributed by atoms with E-state index in [0.717, 1.165) is 70.6 Å². The molecular weight excluding hydrogens is 1120 g/mol. The number of esters is 1. The Morgan fingerprint density at radius 2 is 0.767 bits per heavy atom. The molecule has 11 nitrogen and oxygen atoms in total. The van der Waals surface area contributed by atoms with E-state index >= 15 is 0 Å². The molecule has 0 bridgehead atoms. The van der Waals surface area contributed by atoms with E-state index in [-0.39, 0.29) is 18.5 Å². The number of carbonyl (C=O) groups excluding carboxylic acids is 2. The monoisotopic (exact) mass is 1270 g/mol. The molecule has 6 N–H and O–H groups in total. The molecule has 0 aromatic carbocycles. The highest BCUT2D eigenvalue weighted by Gasteiger charge is 2.44. The first kappa shape index (κ1) is 85.4. The van der Waals surface area contributed by atoms with Crippen LogP contribution in [-0.2, 0) is 23.8 Å². The van der Waals surface area contributed by atoms with E-state index in [0.29, 0.717) is 19.4 Å². The average Bonchev–Trinajstić information content (AvgIpc) is 0.993. The average molecular weight is 1270 g/mol. The van der Waals surface area contributed by atoms with E-state index in [1.54, 1.807) is 6.08 Å². The first-order valence-corrected chi connectivity index (χ1v) is 38.6. The lowest BCUT2D eigenvalue weighted by Gasteiger charge is -2.40. The fourth-order valence-corrected chi connectivity index (χ4v) is 12.0. The summed E-state index contributed by atoms with van der Waals surface area (Å²) in [5.74, 6) is -0.180. The number of hydrogen-bond donors (Lipinski definition) is 6. The van der Waals surface area contributed by atoms with Crippen molar-refractivity contribution in [1.29, 1.82) is 0 Å². The molecule has 1 aliphatic heterocycles. The molecule has 0 radical (unpaired) electrons. The molecule has 526 valence electrons. The van der Waals surface area contributed by atoms with Gasteiger partial charge in [0, 0.05) is 12.8 Å². The third-order valence-electron chi connectivity index (χ3n) is 18.1. The highest BCUT2D eigenvalue weighted by Crippen LogP contribution is 2.23. The predicted octanol–water partition coefficient (Wildman–Crippen LogP) is 20.5. The molecule has 0 aromatic heterocycles. The van der Waals surface area contributed by atoms with Crippen molar-refractivity contribution in [2.45, 2.75) is 410 Å². The number of allylic oxidation sites excluding steroid dienone is 9. The van der Waals surface area contributed by atoms with Crippen molar-refractivity contribution in [1.82, 2.24) is 5.32 Å². The molecule has 0 aromatic rings. The van der Waals surface area contributed by atoms with Gasteiger partial charge in [-0.05, 0) is 89.9 Å². The van der Waals surface area contributed by atoms with Gasteiger partial charge in [0.25, 0.3) is 0 Å². The third-order valence-corrected chi connectivity index (χ3v) is 18.1. The zero-order valence-corrected chi connectivity index (χ0v) is 58.6. The van der Waals surface area contributed by atoms with E-state index < -0.39 is 49.5 Å². The van der Waals surface area contributed by atoms with E-state index in [1.165, 1.54) is 270 Å². The van der Waals surface area contributed by atoms with E-state index in [4.69, 9.17) is 14.2 Å². The highest BCUT2D eigenvalue weighted by molar-refractivity contribution is 5.76. The molecule has 1 fully saturated rings. The van der Waals surface area contributed by atoms with Gasteiger partial charge in [0.1, 0.15) is 24.4 Å². The summed E-state index contributed by atoms with van der Waals surface area (Å²) in [6, 6.07) is -0.807. The van der Waals surface area contributed by atoms with E-state index in [2.05, 4.69) is 67.8 Å². The molecule has 0 spiro atoms. The minimum absolute atomic E-state index is 0.000945. The molecule has 0 aliphatic carbocycles. The highest BCUT2D eigenvalue weighted by atomic mass is 16.7. The van der Waals surface area contributed by atoms with Crippen molar-refractivity contribution < 1.29 is 49.3 Å². The zero-order chi connectivity index (χ0) is 65.1. The largest absolute Gasteiger partial charge is 0.466 e. The summed E-state index contributed by atoms with van der Waals surface area (Å²) in [5.41, 5.74) is 0. The summed E-state index contributed by atoms with van der Waals surface area (Å²) >= 11 is 0. The number of rotatable bonds is 68. The van der Waals surface area contributed by atoms with Crippen LogP contribution in [0.3, 0.4) is 0 Å². The van der Waals surface area contributed by atoms with Gasteiger partial charge in [-0.25, -0.2) is 0 Å². The number of ether oxygens (including phenoxy) is 3. The van der Waals surface area contributed by atoms with Crippen molar-refractivity contribution >= 4 is 11.9 Å². The normalized spacial score (nSPS) is 18.0. The maximum absolute atomic E-state index is 13.0. The fraction of sp³-hybridized carbons (Fsp3) is 0.848. The van der Waals surface area contributed by atoms with Crippen LogP contribution in [0.15, 0.2) is 60.8 Å². The number of aliphatic hydroxyl groups excluding tert-OH is 5. The Kier molecular flexibility index (Phi) is 64.3. The lowest BCUT2D eigenvalue weighted by Crippen LogP contribution is -2.60. The van der Waals surface area contributed by atoms with Gasteiger partial charge in [0.2, 0.25) is 5.91 Å². The molecule has 90 heavy (non-hydrogen) atoms. The maximum atomic E-state index is 13.0. The van der Waals surface area contributed by atoms with Gasteiger partial charge in [-0.15, -0.1) is 0 Å². The Morgan fingerprint density at radius 1 is 0.411 bits per heavy atom. The lowest BCUT2D eigenvalue weighted by molar-refractivity contribution is -0.302. The Labute approximate surface area is 554 Å². The topological polar surface area (TPSA) is 175 Å². The first-order chi connectivity index (χ1) is 44.2. The molecule has 1 aliphatic rings. The Hall–Kier alpha value is -2.64. The van der Waals surface area contributed by atoms with Crippen LogP contribution >= 0.6 is 0 Å². The van der Waals surface area contributed by atoms with Gasteiger partial charge in [-0.3, -0.25) is 9.59 Å². The summed E-state index contributed by atoms with van der Waals surface area (Å²) in [4.78, 5) is 25.1. The van der Waals surface area contributed by atoms with E-state index in [1.807, 2.05) is 6.08 Å². The van der Waals surface area contributed by atoms with Crippen LogP contribution in [0.25, 0.3) is 0 Å². The number of amides is 1. The molecule has 7 atom stereocenters. The van der Waals surface area contributed by atoms with Gasteiger partial charge in [0.05, 0.1) is 32.0 Å². The fourth-order valence-electron chi connectivity index (χ4n) is 12.0. The van der Waals surface area contributed by atoms with Crippen molar-refractivity contribution in [3.05, 3.63) is 60.8 Å². The second-order valence-corrected chi connectivity index (χ2v) is 26.7. The van der Waals surface area contributed by atoms with Crippen molar-refractivity contribution in [2.24, 2.45) is 0 Å². The second kappa shape index (κ2) is 67.8. The molecule has 7 unspecified atom stereocenters. The predicted molar refractivity (Wildman–Crippen MR) is 380 cm³/mol. The minimum atomic E-state index is -1.57. The number of carbonyl (C=O) groups is 2. The number of unbranched alkanes of at least 4 members (excludes halogenated alkanes) is 46. The summed E-state index contributed by atoms with van der Waals surface area (Å²) in [6.07, 6.45) is 81.2. The van der Waals surface area contributed by atoms with Crippen LogP contribution in [0.5, 0.6) is 0 Å². The Morgan fingerprint density at radius 3 is 1.17 bits per heavy atom. The molecule has 1 rings (SSSR count). The van der Waals surface area contributed by atoms with Crippen LogP contribution < -0.4 is 5.32 Å². The van der Waals surface area contributed by atoms with Crippen LogP contribution in [0, 0.1) is 0 Å². The van der Waals surface area contributed by atoms with Gasteiger partial charge in [-0.1, -0.05) is 325 Å². The Balaban J connectivity index is 1.89. The molecule has 0 saturated carbocycles. The van der Waals surface area contributed by atoms with Crippen LogP contribution in [0.1, 0.15) is 367 Å². The molecule has 1 amide bonds. The van der Waals surface area contributed by atoms with Crippen molar-refractivity contribution in [3.63, 3.8) is 0 Å². The lowest BCUT2D eigenvalue weighted by atomic mass is 9.99. The number of nitrogens with one attached hydrogen (secondary N) is 1. The minimum Gasteiger partial charge on any atom is -0.466 e. The van der Waals surface area contributed by atoms with Gasteiger partial charge in [0.15, 0.2) is 6.29 Å². The molecule has 1 heterocycles. The molecule has 1 saturated heterocycles. The molecular formula is C79H145NO10. The first-order valence-electron chi connectivity index (χ1n) is 38.6.